The molecule has 29 heavy (non-hydrogen) atoms. The summed E-state index contributed by atoms with van der Waals surface area (Å²) in [5.41, 5.74) is 2.64. The molecule has 1 N–H and O–H groups in total. The summed E-state index contributed by atoms with van der Waals surface area (Å²) < 4.78 is 20.2. The minimum atomic E-state index is -0.660. The first-order valence-corrected chi connectivity index (χ1v) is 9.69. The second-order valence-corrected chi connectivity index (χ2v) is 8.03. The Morgan fingerprint density at radius 2 is 1.93 bits per heavy atom. The van der Waals surface area contributed by atoms with Crippen LogP contribution in [0.2, 0.25) is 0 Å². The van der Waals surface area contributed by atoms with Crippen molar-refractivity contribution in [2.45, 2.75) is 19.4 Å². The van der Waals surface area contributed by atoms with Gasteiger partial charge in [-0.15, -0.1) is 0 Å². The highest BCUT2D eigenvalue weighted by molar-refractivity contribution is 5.47. The number of halogens is 1. The summed E-state index contributed by atoms with van der Waals surface area (Å²) in [6, 6.07) is 10.2. The fraction of sp³-hybridized carbons (Fsp3) is 0.381. The SMILES string of the molecule is CC(O)c1ccn(-c2nc(Cc3ccc(F)cc3)cc(N3CC4(COC4)C3)n2)n1. The molecular formula is C21H22FN5O2. The van der Waals surface area contributed by atoms with Gasteiger partial charge in [-0.3, -0.25) is 0 Å². The summed E-state index contributed by atoms with van der Waals surface area (Å²) >= 11 is 0. The smallest absolute Gasteiger partial charge is 0.252 e. The number of aliphatic hydroxyl groups excluding tert-OH is 1. The van der Waals surface area contributed by atoms with Gasteiger partial charge in [0.1, 0.15) is 11.6 Å². The fourth-order valence-corrected chi connectivity index (χ4v) is 3.81. The molecule has 3 aromatic rings. The largest absolute Gasteiger partial charge is 0.387 e. The van der Waals surface area contributed by atoms with Gasteiger partial charge in [0.25, 0.3) is 5.95 Å². The molecule has 5 rings (SSSR count). The summed E-state index contributed by atoms with van der Waals surface area (Å²) in [4.78, 5) is 11.6. The molecule has 0 saturated carbocycles. The van der Waals surface area contributed by atoms with Crippen molar-refractivity contribution in [2.24, 2.45) is 5.41 Å². The fourth-order valence-electron chi connectivity index (χ4n) is 3.81. The molecule has 1 spiro atoms. The number of anilines is 1. The van der Waals surface area contributed by atoms with Crippen LogP contribution in [0, 0.1) is 11.2 Å². The molecule has 0 aliphatic carbocycles. The van der Waals surface area contributed by atoms with Crippen LogP contribution >= 0.6 is 0 Å². The molecule has 0 radical (unpaired) electrons. The van der Waals surface area contributed by atoms with Crippen LogP contribution in [0.1, 0.15) is 30.0 Å². The van der Waals surface area contributed by atoms with E-state index in [4.69, 9.17) is 9.72 Å². The number of ether oxygens (including phenoxy) is 1. The molecule has 1 aromatic carbocycles. The summed E-state index contributed by atoms with van der Waals surface area (Å²) in [5, 5.41) is 14.2. The Morgan fingerprint density at radius 1 is 1.17 bits per heavy atom. The average Bonchev–Trinajstić information content (AvgIpc) is 3.12. The topological polar surface area (TPSA) is 76.3 Å². The number of hydrogen-bond acceptors (Lipinski definition) is 6. The number of aliphatic hydroxyl groups is 1. The summed E-state index contributed by atoms with van der Waals surface area (Å²) in [6.45, 7) is 5.11. The predicted octanol–water partition coefficient (Wildman–Crippen LogP) is 2.28. The van der Waals surface area contributed by atoms with E-state index >= 15 is 0 Å². The first kappa shape index (κ1) is 18.2. The molecule has 7 nitrogen and oxygen atoms in total. The molecule has 2 aromatic heterocycles. The maximum absolute atomic E-state index is 13.2. The molecule has 2 saturated heterocycles. The van der Waals surface area contributed by atoms with Crippen molar-refractivity contribution < 1.29 is 14.2 Å². The number of benzene rings is 1. The molecule has 2 aliphatic heterocycles. The lowest BCUT2D eigenvalue weighted by molar-refractivity contribution is -0.127. The molecule has 1 unspecified atom stereocenters. The first-order valence-electron chi connectivity index (χ1n) is 9.69. The van der Waals surface area contributed by atoms with Gasteiger partial charge < -0.3 is 14.7 Å². The van der Waals surface area contributed by atoms with Gasteiger partial charge in [-0.2, -0.15) is 10.1 Å². The van der Waals surface area contributed by atoms with E-state index in [2.05, 4.69) is 15.0 Å². The number of aromatic nitrogens is 4. The van der Waals surface area contributed by atoms with E-state index in [1.807, 2.05) is 6.07 Å². The zero-order chi connectivity index (χ0) is 20.0. The highest BCUT2D eigenvalue weighted by Gasteiger charge is 2.49. The van der Waals surface area contributed by atoms with Crippen LogP contribution in [0.4, 0.5) is 10.2 Å². The molecule has 0 amide bonds. The third-order valence-corrected chi connectivity index (χ3v) is 5.49. The highest BCUT2D eigenvalue weighted by Crippen LogP contribution is 2.39. The van der Waals surface area contributed by atoms with Crippen molar-refractivity contribution in [3.05, 3.63) is 65.4 Å². The van der Waals surface area contributed by atoms with E-state index in [1.165, 1.54) is 12.1 Å². The second-order valence-electron chi connectivity index (χ2n) is 8.03. The van der Waals surface area contributed by atoms with Gasteiger partial charge >= 0.3 is 0 Å². The van der Waals surface area contributed by atoms with Crippen LogP contribution in [-0.4, -0.2) is 51.2 Å². The van der Waals surface area contributed by atoms with Crippen LogP contribution in [0.25, 0.3) is 5.95 Å². The van der Waals surface area contributed by atoms with Crippen molar-refractivity contribution in [1.82, 2.24) is 19.7 Å². The molecule has 150 valence electrons. The zero-order valence-electron chi connectivity index (χ0n) is 16.1. The third-order valence-electron chi connectivity index (χ3n) is 5.49. The average molecular weight is 395 g/mol. The minimum absolute atomic E-state index is 0.256. The zero-order valence-corrected chi connectivity index (χ0v) is 16.1. The molecule has 2 fully saturated rings. The summed E-state index contributed by atoms with van der Waals surface area (Å²) in [5.74, 6) is 1.05. The lowest BCUT2D eigenvalue weighted by Crippen LogP contribution is -2.66. The van der Waals surface area contributed by atoms with Gasteiger partial charge in [0.2, 0.25) is 0 Å². The van der Waals surface area contributed by atoms with Gasteiger partial charge in [0, 0.05) is 31.8 Å². The van der Waals surface area contributed by atoms with Crippen molar-refractivity contribution in [3.8, 4) is 5.95 Å². The number of hydrogen-bond donors (Lipinski definition) is 1. The Hall–Kier alpha value is -2.84. The second kappa shape index (κ2) is 6.89. The summed E-state index contributed by atoms with van der Waals surface area (Å²) in [7, 11) is 0. The van der Waals surface area contributed by atoms with Crippen LogP contribution in [-0.2, 0) is 11.2 Å². The Kier molecular flexibility index (Phi) is 4.33. The van der Waals surface area contributed by atoms with Crippen LogP contribution in [0.15, 0.2) is 42.6 Å². The van der Waals surface area contributed by atoms with Gasteiger partial charge in [-0.25, -0.2) is 14.1 Å². The maximum Gasteiger partial charge on any atom is 0.252 e. The van der Waals surface area contributed by atoms with Crippen molar-refractivity contribution in [3.63, 3.8) is 0 Å². The standard InChI is InChI=1S/C21H22FN5O2/c1-14(28)18-6-7-27(25-18)20-23-17(8-15-2-4-16(22)5-3-15)9-19(24-20)26-10-21(11-26)12-29-13-21/h2-7,9,14,28H,8,10-13H2,1H3. The van der Waals surface area contributed by atoms with Gasteiger partial charge in [-0.05, 0) is 30.7 Å². The Morgan fingerprint density at radius 3 is 2.55 bits per heavy atom. The van der Waals surface area contributed by atoms with Crippen LogP contribution in [0.5, 0.6) is 0 Å². The van der Waals surface area contributed by atoms with E-state index in [0.717, 1.165) is 43.4 Å². The van der Waals surface area contributed by atoms with E-state index in [9.17, 15) is 9.50 Å². The quantitative estimate of drug-likeness (QED) is 0.714. The lowest BCUT2D eigenvalue weighted by Gasteiger charge is -2.55. The normalized spacial score (nSPS) is 18.4. The van der Waals surface area contributed by atoms with E-state index in [-0.39, 0.29) is 11.2 Å². The molecule has 2 aliphatic rings. The molecule has 4 heterocycles. The minimum Gasteiger partial charge on any atom is -0.387 e. The predicted molar refractivity (Wildman–Crippen MR) is 104 cm³/mol. The van der Waals surface area contributed by atoms with Gasteiger partial charge in [-0.1, -0.05) is 12.1 Å². The molecule has 8 heteroatoms. The van der Waals surface area contributed by atoms with Crippen LogP contribution in [0.3, 0.4) is 0 Å². The van der Waals surface area contributed by atoms with Crippen molar-refractivity contribution >= 4 is 5.82 Å². The van der Waals surface area contributed by atoms with E-state index < -0.39 is 6.10 Å². The van der Waals surface area contributed by atoms with Crippen LogP contribution < -0.4 is 4.90 Å². The van der Waals surface area contributed by atoms with Crippen molar-refractivity contribution in [2.75, 3.05) is 31.2 Å². The Bertz CT molecular complexity index is 1020. The highest BCUT2D eigenvalue weighted by atomic mass is 19.1. The Labute approximate surface area is 167 Å². The number of rotatable bonds is 5. The van der Waals surface area contributed by atoms with Crippen molar-refractivity contribution in [1.29, 1.82) is 0 Å². The maximum atomic E-state index is 13.2. The first-order chi connectivity index (χ1) is 14.0. The number of nitrogens with zero attached hydrogens (tertiary/aromatic N) is 5. The van der Waals surface area contributed by atoms with Gasteiger partial charge in [0.15, 0.2) is 0 Å². The molecule has 0 bridgehead atoms. The Balaban J connectivity index is 1.47. The molecule has 1 atom stereocenters. The summed E-state index contributed by atoms with van der Waals surface area (Å²) in [6.07, 6.45) is 1.65. The molecular weight excluding hydrogens is 373 g/mol. The monoisotopic (exact) mass is 395 g/mol. The van der Waals surface area contributed by atoms with E-state index in [0.29, 0.717) is 18.1 Å². The van der Waals surface area contributed by atoms with E-state index in [1.54, 1.807) is 36.0 Å². The third kappa shape index (κ3) is 3.49. The van der Waals surface area contributed by atoms with Gasteiger partial charge in [0.05, 0.1) is 36.1 Å². The lowest BCUT2D eigenvalue weighted by atomic mass is 9.78.